The molecule has 3 aromatic rings. The van der Waals surface area contributed by atoms with E-state index in [1.807, 2.05) is 31.2 Å². The van der Waals surface area contributed by atoms with E-state index in [1.54, 1.807) is 31.5 Å². The van der Waals surface area contributed by atoms with Gasteiger partial charge >= 0.3 is 0 Å². The lowest BCUT2D eigenvalue weighted by Crippen LogP contribution is -2.22. The highest BCUT2D eigenvalue weighted by molar-refractivity contribution is 5.96. The summed E-state index contributed by atoms with van der Waals surface area (Å²) in [5, 5.41) is 14.9. The molecule has 0 spiro atoms. The Balaban J connectivity index is 1.71. The van der Waals surface area contributed by atoms with Crippen molar-refractivity contribution in [3.8, 4) is 11.5 Å². The van der Waals surface area contributed by atoms with Crippen molar-refractivity contribution in [2.24, 2.45) is 0 Å². The smallest absolute Gasteiger partial charge is 0.278 e. The summed E-state index contributed by atoms with van der Waals surface area (Å²) < 4.78 is 11.0. The second-order valence-corrected chi connectivity index (χ2v) is 5.77. The van der Waals surface area contributed by atoms with Gasteiger partial charge in [0.25, 0.3) is 5.69 Å². The van der Waals surface area contributed by atoms with E-state index >= 15 is 0 Å². The summed E-state index contributed by atoms with van der Waals surface area (Å²) in [4.78, 5) is 15.1. The number of nitrogens with one attached hydrogen (secondary N) is 1. The zero-order valence-electron chi connectivity index (χ0n) is 14.5. The minimum Gasteiger partial charge on any atom is -0.497 e. The standard InChI is InChI=1S/C19H19N3O4/c1-13(26-15-7-5-14(25-2)6-8-15)12-21-17-9-10-18(22(23)24)16-4-3-11-20-19(16)17/h3-11,13,21H,12H2,1-2H3. The number of pyridine rings is 1. The van der Waals surface area contributed by atoms with E-state index in [4.69, 9.17) is 9.47 Å². The summed E-state index contributed by atoms with van der Waals surface area (Å²) in [6.45, 7) is 2.47. The molecule has 0 saturated carbocycles. The van der Waals surface area contributed by atoms with Gasteiger partial charge in [-0.1, -0.05) is 0 Å². The minimum absolute atomic E-state index is 0.0428. The van der Waals surface area contributed by atoms with Crippen molar-refractivity contribution in [2.45, 2.75) is 13.0 Å². The fraction of sp³-hybridized carbons (Fsp3) is 0.211. The molecule has 1 N–H and O–H groups in total. The summed E-state index contributed by atoms with van der Waals surface area (Å²) in [7, 11) is 1.62. The molecule has 134 valence electrons. The van der Waals surface area contributed by atoms with Crippen molar-refractivity contribution in [1.29, 1.82) is 0 Å². The topological polar surface area (TPSA) is 86.5 Å². The van der Waals surface area contributed by atoms with Crippen molar-refractivity contribution in [3.05, 3.63) is 64.8 Å². The molecule has 2 aromatic carbocycles. The lowest BCUT2D eigenvalue weighted by molar-refractivity contribution is -0.383. The molecule has 0 radical (unpaired) electrons. The number of nitro groups is 1. The molecule has 0 aliphatic carbocycles. The molecule has 1 atom stereocenters. The Labute approximate surface area is 150 Å². The van der Waals surface area contributed by atoms with Crippen LogP contribution in [0.2, 0.25) is 0 Å². The zero-order valence-corrected chi connectivity index (χ0v) is 14.5. The lowest BCUT2D eigenvalue weighted by atomic mass is 10.1. The monoisotopic (exact) mass is 353 g/mol. The van der Waals surface area contributed by atoms with Crippen LogP contribution in [0, 0.1) is 10.1 Å². The molecule has 0 aliphatic heterocycles. The third kappa shape index (κ3) is 3.83. The number of rotatable bonds is 7. The van der Waals surface area contributed by atoms with Gasteiger partial charge in [-0.3, -0.25) is 15.1 Å². The normalized spacial score (nSPS) is 11.8. The molecular weight excluding hydrogens is 334 g/mol. The summed E-state index contributed by atoms with van der Waals surface area (Å²) in [5.74, 6) is 1.51. The van der Waals surface area contributed by atoms with Crippen LogP contribution in [-0.4, -0.2) is 29.7 Å². The zero-order chi connectivity index (χ0) is 18.5. The molecule has 0 saturated heterocycles. The number of hydrogen-bond acceptors (Lipinski definition) is 6. The molecule has 7 nitrogen and oxygen atoms in total. The van der Waals surface area contributed by atoms with E-state index in [9.17, 15) is 10.1 Å². The van der Waals surface area contributed by atoms with Crippen LogP contribution in [0.3, 0.4) is 0 Å². The first-order chi connectivity index (χ1) is 12.6. The minimum atomic E-state index is -0.400. The van der Waals surface area contributed by atoms with E-state index in [-0.39, 0.29) is 11.8 Å². The third-order valence-electron chi connectivity index (χ3n) is 3.92. The molecule has 0 amide bonds. The van der Waals surface area contributed by atoms with Crippen LogP contribution in [0.5, 0.6) is 11.5 Å². The van der Waals surface area contributed by atoms with Gasteiger partial charge in [0, 0.05) is 12.3 Å². The average Bonchev–Trinajstić information content (AvgIpc) is 2.66. The van der Waals surface area contributed by atoms with Gasteiger partial charge in [-0.05, 0) is 49.4 Å². The first-order valence-corrected chi connectivity index (χ1v) is 8.15. The maximum atomic E-state index is 11.2. The van der Waals surface area contributed by atoms with Gasteiger partial charge in [0.05, 0.1) is 29.7 Å². The number of non-ortho nitro benzene ring substituents is 1. The molecule has 1 aromatic heterocycles. The molecular formula is C19H19N3O4. The van der Waals surface area contributed by atoms with Crippen LogP contribution in [0.1, 0.15) is 6.92 Å². The van der Waals surface area contributed by atoms with E-state index in [1.165, 1.54) is 6.07 Å². The van der Waals surface area contributed by atoms with Crippen LogP contribution in [0.15, 0.2) is 54.7 Å². The first-order valence-electron chi connectivity index (χ1n) is 8.15. The maximum absolute atomic E-state index is 11.2. The third-order valence-corrected chi connectivity index (χ3v) is 3.92. The number of ether oxygens (including phenoxy) is 2. The Bertz CT molecular complexity index is 912. The number of aromatic nitrogens is 1. The summed E-state index contributed by atoms with van der Waals surface area (Å²) in [6.07, 6.45) is 1.51. The second-order valence-electron chi connectivity index (χ2n) is 5.77. The maximum Gasteiger partial charge on any atom is 0.278 e. The highest BCUT2D eigenvalue weighted by atomic mass is 16.6. The number of methoxy groups -OCH3 is 1. The Hall–Kier alpha value is -3.35. The Kier molecular flexibility index (Phi) is 5.17. The highest BCUT2D eigenvalue weighted by Gasteiger charge is 2.15. The van der Waals surface area contributed by atoms with Gasteiger partial charge in [0.15, 0.2) is 0 Å². The first kappa shape index (κ1) is 17.5. The number of nitro benzene ring substituents is 1. The molecule has 0 bridgehead atoms. The van der Waals surface area contributed by atoms with Gasteiger partial charge in [-0.25, -0.2) is 0 Å². The second kappa shape index (κ2) is 7.69. The van der Waals surface area contributed by atoms with Crippen LogP contribution in [0.25, 0.3) is 10.9 Å². The predicted octanol–water partition coefficient (Wildman–Crippen LogP) is 4.03. The Morgan fingerprint density at radius 2 is 1.88 bits per heavy atom. The quantitative estimate of drug-likeness (QED) is 0.510. The SMILES string of the molecule is COc1ccc(OC(C)CNc2ccc([N+](=O)[O-])c3cccnc23)cc1. The van der Waals surface area contributed by atoms with Crippen LogP contribution >= 0.6 is 0 Å². The highest BCUT2D eigenvalue weighted by Crippen LogP contribution is 2.29. The summed E-state index contributed by atoms with van der Waals surface area (Å²) >= 11 is 0. The predicted molar refractivity (Wildman–Crippen MR) is 100.0 cm³/mol. The number of anilines is 1. The molecule has 0 fully saturated rings. The van der Waals surface area contributed by atoms with E-state index in [2.05, 4.69) is 10.3 Å². The van der Waals surface area contributed by atoms with Gasteiger partial charge in [-0.15, -0.1) is 0 Å². The Morgan fingerprint density at radius 3 is 2.58 bits per heavy atom. The fourth-order valence-corrected chi connectivity index (χ4v) is 2.64. The van der Waals surface area contributed by atoms with Crippen molar-refractivity contribution in [2.75, 3.05) is 19.0 Å². The Morgan fingerprint density at radius 1 is 1.15 bits per heavy atom. The number of nitrogens with zero attached hydrogens (tertiary/aromatic N) is 2. The molecule has 3 rings (SSSR count). The van der Waals surface area contributed by atoms with Crippen LogP contribution in [0.4, 0.5) is 11.4 Å². The summed E-state index contributed by atoms with van der Waals surface area (Å²) in [5.41, 5.74) is 1.34. The molecule has 1 heterocycles. The average molecular weight is 353 g/mol. The largest absolute Gasteiger partial charge is 0.497 e. The van der Waals surface area contributed by atoms with E-state index in [0.29, 0.717) is 17.4 Å². The van der Waals surface area contributed by atoms with Gasteiger partial charge in [0.2, 0.25) is 0 Å². The lowest BCUT2D eigenvalue weighted by Gasteiger charge is -2.17. The van der Waals surface area contributed by atoms with Crippen molar-refractivity contribution in [1.82, 2.24) is 4.98 Å². The number of benzene rings is 2. The molecule has 0 aliphatic rings. The summed E-state index contributed by atoms with van der Waals surface area (Å²) in [6, 6.07) is 13.9. The van der Waals surface area contributed by atoms with Crippen LogP contribution < -0.4 is 14.8 Å². The van der Waals surface area contributed by atoms with E-state index in [0.717, 1.165) is 17.2 Å². The number of hydrogen-bond donors (Lipinski definition) is 1. The van der Waals surface area contributed by atoms with Gasteiger partial charge in [0.1, 0.15) is 23.1 Å². The van der Waals surface area contributed by atoms with Gasteiger partial charge < -0.3 is 14.8 Å². The van der Waals surface area contributed by atoms with E-state index < -0.39 is 4.92 Å². The van der Waals surface area contributed by atoms with Crippen molar-refractivity contribution < 1.29 is 14.4 Å². The van der Waals surface area contributed by atoms with Gasteiger partial charge in [-0.2, -0.15) is 0 Å². The molecule has 1 unspecified atom stereocenters. The number of fused-ring (bicyclic) bond motifs is 1. The fourth-order valence-electron chi connectivity index (χ4n) is 2.64. The molecule has 26 heavy (non-hydrogen) atoms. The van der Waals surface area contributed by atoms with Crippen molar-refractivity contribution in [3.63, 3.8) is 0 Å². The van der Waals surface area contributed by atoms with Crippen molar-refractivity contribution >= 4 is 22.3 Å². The van der Waals surface area contributed by atoms with Crippen LogP contribution in [-0.2, 0) is 0 Å². The molecule has 7 heteroatoms.